The molecule has 0 atom stereocenters. The summed E-state index contributed by atoms with van der Waals surface area (Å²) in [5.74, 6) is 1.01. The van der Waals surface area contributed by atoms with Crippen molar-refractivity contribution in [3.8, 4) is 0 Å². The van der Waals surface area contributed by atoms with Gasteiger partial charge in [-0.3, -0.25) is 14.4 Å². The van der Waals surface area contributed by atoms with Crippen LogP contribution in [0.25, 0.3) is 0 Å². The Morgan fingerprint density at radius 3 is 2.85 bits per heavy atom. The van der Waals surface area contributed by atoms with Crippen LogP contribution in [0.1, 0.15) is 48.9 Å². The van der Waals surface area contributed by atoms with Gasteiger partial charge < -0.3 is 0 Å². The van der Waals surface area contributed by atoms with Gasteiger partial charge in [0.1, 0.15) is 5.49 Å². The number of pyridine rings is 1. The fourth-order valence-corrected chi connectivity index (χ4v) is 2.99. The molecule has 0 bridgehead atoms. The molecular weight excluding hydrogens is 268 g/mol. The summed E-state index contributed by atoms with van der Waals surface area (Å²) in [7, 11) is 0. The number of rotatable bonds is 4. The summed E-state index contributed by atoms with van der Waals surface area (Å²) in [6, 6.07) is 4.41. The highest BCUT2D eigenvalue weighted by molar-refractivity contribution is 7.98. The third-order valence-electron chi connectivity index (χ3n) is 3.77. The van der Waals surface area contributed by atoms with E-state index in [-0.39, 0.29) is 5.91 Å². The Hall–Kier alpha value is -1.03. The van der Waals surface area contributed by atoms with Crippen molar-refractivity contribution < 1.29 is 4.79 Å². The van der Waals surface area contributed by atoms with Crippen molar-refractivity contribution in [2.45, 2.75) is 51.5 Å². The van der Waals surface area contributed by atoms with Crippen LogP contribution in [0.3, 0.4) is 0 Å². The molecule has 4 heteroatoms. The van der Waals surface area contributed by atoms with Crippen molar-refractivity contribution in [2.24, 2.45) is 4.99 Å². The van der Waals surface area contributed by atoms with E-state index in [1.54, 1.807) is 16.3 Å². The zero-order chi connectivity index (χ0) is 14.4. The molecule has 1 aliphatic rings. The van der Waals surface area contributed by atoms with Gasteiger partial charge >= 0.3 is 0 Å². The third-order valence-corrected chi connectivity index (χ3v) is 4.38. The minimum absolute atomic E-state index is 0.147. The van der Waals surface area contributed by atoms with Crippen LogP contribution in [0.2, 0.25) is 0 Å². The van der Waals surface area contributed by atoms with Crippen LogP contribution < -0.4 is 5.49 Å². The molecule has 1 heterocycles. The van der Waals surface area contributed by atoms with Gasteiger partial charge in [0.2, 0.25) is 5.91 Å². The molecule has 0 saturated heterocycles. The van der Waals surface area contributed by atoms with Crippen molar-refractivity contribution in [1.29, 1.82) is 0 Å². The standard InChI is InChI=1S/C16H24N2OS/c1-13-8-10-18(16(19)9-11-20-2)15(12-13)17-14-6-4-3-5-7-14/h8,10,12,14H,3-7,9,11H2,1-2H3. The molecule has 0 unspecified atom stereocenters. The lowest BCUT2D eigenvalue weighted by Gasteiger charge is -2.18. The first-order valence-electron chi connectivity index (χ1n) is 7.46. The van der Waals surface area contributed by atoms with Crippen LogP contribution in [0.5, 0.6) is 0 Å². The number of aryl methyl sites for hydroxylation is 1. The number of carbonyl (C=O) groups excluding carboxylic acids is 1. The van der Waals surface area contributed by atoms with Crippen molar-refractivity contribution in [2.75, 3.05) is 12.0 Å². The van der Waals surface area contributed by atoms with Gasteiger partial charge in [0.15, 0.2) is 0 Å². The van der Waals surface area contributed by atoms with Gasteiger partial charge in [-0.1, -0.05) is 19.3 Å². The summed E-state index contributed by atoms with van der Waals surface area (Å²) in [5.41, 5.74) is 2.00. The molecule has 0 spiro atoms. The summed E-state index contributed by atoms with van der Waals surface area (Å²) in [6.07, 6.45) is 10.6. The van der Waals surface area contributed by atoms with E-state index in [9.17, 15) is 4.79 Å². The Balaban J connectivity index is 2.27. The van der Waals surface area contributed by atoms with E-state index in [1.165, 1.54) is 19.3 Å². The molecule has 1 aromatic heterocycles. The monoisotopic (exact) mass is 292 g/mol. The summed E-state index contributed by atoms with van der Waals surface area (Å²) < 4.78 is 1.73. The van der Waals surface area contributed by atoms with Gasteiger partial charge in [-0.05, 0) is 43.7 Å². The van der Waals surface area contributed by atoms with E-state index >= 15 is 0 Å². The maximum absolute atomic E-state index is 12.3. The molecule has 0 N–H and O–H groups in total. The SMILES string of the molecule is CSCCC(=O)n1ccc(C)cc1=NC1CCCCC1. The van der Waals surface area contributed by atoms with Crippen molar-refractivity contribution >= 4 is 17.7 Å². The van der Waals surface area contributed by atoms with Crippen LogP contribution in [-0.2, 0) is 0 Å². The second-order valence-electron chi connectivity index (χ2n) is 5.49. The Labute approximate surface area is 125 Å². The molecule has 110 valence electrons. The molecular formula is C16H24N2OS. The zero-order valence-electron chi connectivity index (χ0n) is 12.5. The summed E-state index contributed by atoms with van der Waals surface area (Å²) in [6.45, 7) is 2.05. The molecule has 1 aromatic rings. The number of thioether (sulfide) groups is 1. The van der Waals surface area contributed by atoms with E-state index in [0.717, 1.165) is 29.6 Å². The van der Waals surface area contributed by atoms with E-state index in [0.29, 0.717) is 12.5 Å². The normalized spacial score (nSPS) is 17.4. The first kappa shape index (κ1) is 15.4. The molecule has 0 radical (unpaired) electrons. The number of aromatic nitrogens is 1. The predicted molar refractivity (Wildman–Crippen MR) is 85.2 cm³/mol. The minimum atomic E-state index is 0.147. The van der Waals surface area contributed by atoms with Crippen LogP contribution in [0.15, 0.2) is 23.3 Å². The molecule has 1 saturated carbocycles. The molecule has 0 aromatic carbocycles. The number of carbonyl (C=O) groups is 1. The Morgan fingerprint density at radius 2 is 2.15 bits per heavy atom. The fraction of sp³-hybridized carbons (Fsp3) is 0.625. The average molecular weight is 292 g/mol. The van der Waals surface area contributed by atoms with Gasteiger partial charge in [-0.25, -0.2) is 0 Å². The quantitative estimate of drug-likeness (QED) is 0.852. The number of hydrogen-bond acceptors (Lipinski definition) is 3. The number of nitrogens with zero attached hydrogens (tertiary/aromatic N) is 2. The maximum atomic E-state index is 12.3. The van der Waals surface area contributed by atoms with Crippen LogP contribution in [0, 0.1) is 6.92 Å². The predicted octanol–water partition coefficient (Wildman–Crippen LogP) is 3.42. The van der Waals surface area contributed by atoms with Crippen LogP contribution >= 0.6 is 11.8 Å². The second kappa shape index (κ2) is 7.67. The fourth-order valence-electron chi connectivity index (χ4n) is 2.61. The zero-order valence-corrected chi connectivity index (χ0v) is 13.3. The molecule has 1 aliphatic carbocycles. The van der Waals surface area contributed by atoms with Crippen molar-refractivity contribution in [3.63, 3.8) is 0 Å². The van der Waals surface area contributed by atoms with E-state index in [1.807, 2.05) is 24.6 Å². The highest BCUT2D eigenvalue weighted by Gasteiger charge is 2.13. The molecule has 2 rings (SSSR count). The lowest BCUT2D eigenvalue weighted by molar-refractivity contribution is 0.0904. The van der Waals surface area contributed by atoms with Crippen molar-refractivity contribution in [3.05, 3.63) is 29.4 Å². The lowest BCUT2D eigenvalue weighted by Crippen LogP contribution is -2.29. The summed E-state index contributed by atoms with van der Waals surface area (Å²) in [5, 5.41) is 0. The van der Waals surface area contributed by atoms with Gasteiger partial charge in [-0.15, -0.1) is 0 Å². The maximum Gasteiger partial charge on any atom is 0.233 e. The van der Waals surface area contributed by atoms with Gasteiger partial charge in [0.05, 0.1) is 6.04 Å². The van der Waals surface area contributed by atoms with Gasteiger partial charge in [-0.2, -0.15) is 11.8 Å². The first-order valence-corrected chi connectivity index (χ1v) is 8.85. The minimum Gasteiger partial charge on any atom is -0.274 e. The van der Waals surface area contributed by atoms with Gasteiger partial charge in [0, 0.05) is 18.4 Å². The van der Waals surface area contributed by atoms with Crippen LogP contribution in [-0.4, -0.2) is 28.5 Å². The first-order chi connectivity index (χ1) is 9.70. The number of hydrogen-bond donors (Lipinski definition) is 0. The molecule has 0 aliphatic heterocycles. The summed E-state index contributed by atoms with van der Waals surface area (Å²) in [4.78, 5) is 17.1. The van der Waals surface area contributed by atoms with E-state index in [4.69, 9.17) is 4.99 Å². The largest absolute Gasteiger partial charge is 0.274 e. The molecule has 20 heavy (non-hydrogen) atoms. The Bertz CT molecular complexity index is 515. The average Bonchev–Trinajstić information content (AvgIpc) is 2.46. The van der Waals surface area contributed by atoms with Crippen molar-refractivity contribution in [1.82, 2.24) is 4.57 Å². The topological polar surface area (TPSA) is 34.4 Å². The Morgan fingerprint density at radius 1 is 1.40 bits per heavy atom. The van der Waals surface area contributed by atoms with E-state index < -0.39 is 0 Å². The lowest BCUT2D eigenvalue weighted by atomic mass is 9.96. The smallest absolute Gasteiger partial charge is 0.233 e. The Kier molecular flexibility index (Phi) is 5.89. The molecule has 1 fully saturated rings. The highest BCUT2D eigenvalue weighted by Crippen LogP contribution is 2.19. The second-order valence-corrected chi connectivity index (χ2v) is 6.48. The molecule has 3 nitrogen and oxygen atoms in total. The summed E-state index contributed by atoms with van der Waals surface area (Å²) >= 11 is 1.70. The third kappa shape index (κ3) is 4.23. The van der Waals surface area contributed by atoms with E-state index in [2.05, 4.69) is 6.92 Å². The highest BCUT2D eigenvalue weighted by atomic mass is 32.2. The van der Waals surface area contributed by atoms with Gasteiger partial charge in [0.25, 0.3) is 0 Å². The van der Waals surface area contributed by atoms with Crippen LogP contribution in [0.4, 0.5) is 0 Å². The molecule has 0 amide bonds.